The van der Waals surface area contributed by atoms with Crippen LogP contribution in [0.4, 0.5) is 0 Å². The molecule has 0 radical (unpaired) electrons. The highest BCUT2D eigenvalue weighted by molar-refractivity contribution is 6.31. The highest BCUT2D eigenvalue weighted by atomic mass is 35.5. The maximum Gasteiger partial charge on any atom is 0.307 e. The Morgan fingerprint density at radius 2 is 2.27 bits per heavy atom. The number of benzene rings is 1. The smallest absolute Gasteiger partial charge is 0.307 e. The SMILES string of the molecule is N#Cc1c(CC(=O)O)ccc(Cl)c1CN. The fourth-order valence-electron chi connectivity index (χ4n) is 1.32. The summed E-state index contributed by atoms with van der Waals surface area (Å²) in [5.41, 5.74) is 6.65. The van der Waals surface area contributed by atoms with Gasteiger partial charge in [0.15, 0.2) is 0 Å². The zero-order chi connectivity index (χ0) is 11.4. The van der Waals surface area contributed by atoms with Gasteiger partial charge < -0.3 is 10.8 Å². The summed E-state index contributed by atoms with van der Waals surface area (Å²) in [6.07, 6.45) is -0.201. The van der Waals surface area contributed by atoms with Crippen molar-refractivity contribution in [1.29, 1.82) is 5.26 Å². The fourth-order valence-corrected chi connectivity index (χ4v) is 1.55. The van der Waals surface area contributed by atoms with Crippen LogP contribution in [-0.2, 0) is 17.8 Å². The number of carbonyl (C=O) groups is 1. The Balaban J connectivity index is 3.30. The number of aliphatic carboxylic acids is 1. The van der Waals surface area contributed by atoms with Gasteiger partial charge in [0, 0.05) is 17.1 Å². The molecule has 0 saturated heterocycles. The Bertz CT molecular complexity index is 438. The number of carboxylic acids is 1. The zero-order valence-corrected chi connectivity index (χ0v) is 8.58. The molecule has 5 heteroatoms. The first kappa shape index (κ1) is 11.5. The number of carboxylic acid groups (broad SMARTS) is 1. The van der Waals surface area contributed by atoms with Crippen molar-refractivity contribution in [3.8, 4) is 6.07 Å². The molecule has 0 bridgehead atoms. The van der Waals surface area contributed by atoms with E-state index in [4.69, 9.17) is 27.7 Å². The van der Waals surface area contributed by atoms with Crippen LogP contribution >= 0.6 is 11.6 Å². The third-order valence-electron chi connectivity index (χ3n) is 2.00. The Labute approximate surface area is 91.9 Å². The Hall–Kier alpha value is -1.57. The molecular weight excluding hydrogens is 216 g/mol. The molecular formula is C10H9ClN2O2. The minimum absolute atomic E-state index is 0.120. The van der Waals surface area contributed by atoms with Crippen LogP contribution in [0.25, 0.3) is 0 Å². The van der Waals surface area contributed by atoms with Gasteiger partial charge in [-0.2, -0.15) is 5.26 Å². The van der Waals surface area contributed by atoms with Crippen molar-refractivity contribution in [2.75, 3.05) is 0 Å². The van der Waals surface area contributed by atoms with Crippen molar-refractivity contribution < 1.29 is 9.90 Å². The Morgan fingerprint density at radius 1 is 1.60 bits per heavy atom. The first-order valence-corrected chi connectivity index (χ1v) is 4.60. The van der Waals surface area contributed by atoms with Gasteiger partial charge in [-0.1, -0.05) is 17.7 Å². The summed E-state index contributed by atoms with van der Waals surface area (Å²) in [4.78, 5) is 10.5. The van der Waals surface area contributed by atoms with Gasteiger partial charge in [-0.3, -0.25) is 4.79 Å². The van der Waals surface area contributed by atoms with Crippen LogP contribution < -0.4 is 5.73 Å². The number of nitriles is 1. The third kappa shape index (κ3) is 2.46. The fraction of sp³-hybridized carbons (Fsp3) is 0.200. The van der Waals surface area contributed by atoms with Crippen molar-refractivity contribution in [2.24, 2.45) is 5.73 Å². The zero-order valence-electron chi connectivity index (χ0n) is 7.83. The second-order valence-corrected chi connectivity index (χ2v) is 3.35. The van der Waals surface area contributed by atoms with Gasteiger partial charge in [0.2, 0.25) is 0 Å². The minimum atomic E-state index is -0.989. The summed E-state index contributed by atoms with van der Waals surface area (Å²) in [5, 5.41) is 17.9. The molecule has 0 aromatic heterocycles. The third-order valence-corrected chi connectivity index (χ3v) is 2.35. The van der Waals surface area contributed by atoms with Gasteiger partial charge in [-0.15, -0.1) is 0 Å². The van der Waals surface area contributed by atoms with Gasteiger partial charge in [0.25, 0.3) is 0 Å². The van der Waals surface area contributed by atoms with E-state index in [2.05, 4.69) is 0 Å². The van der Waals surface area contributed by atoms with Gasteiger partial charge in [-0.05, 0) is 11.6 Å². The molecule has 0 saturated carbocycles. The molecule has 0 aliphatic rings. The average Bonchev–Trinajstić information content (AvgIpc) is 2.19. The number of halogens is 1. The van der Waals surface area contributed by atoms with Crippen molar-refractivity contribution in [2.45, 2.75) is 13.0 Å². The summed E-state index contributed by atoms with van der Waals surface area (Å²) in [5.74, 6) is -0.989. The lowest BCUT2D eigenvalue weighted by atomic mass is 9.99. The van der Waals surface area contributed by atoms with E-state index in [9.17, 15) is 4.79 Å². The predicted octanol–water partition coefficient (Wildman–Crippen LogP) is 1.30. The molecule has 1 aromatic carbocycles. The first-order valence-electron chi connectivity index (χ1n) is 4.22. The maximum absolute atomic E-state index is 10.5. The van der Waals surface area contributed by atoms with E-state index in [1.165, 1.54) is 6.07 Å². The highest BCUT2D eigenvalue weighted by Crippen LogP contribution is 2.23. The number of nitrogens with two attached hydrogens (primary N) is 1. The Kier molecular flexibility index (Phi) is 3.67. The molecule has 0 aliphatic heterocycles. The van der Waals surface area contributed by atoms with E-state index in [1.54, 1.807) is 6.07 Å². The Morgan fingerprint density at radius 3 is 2.73 bits per heavy atom. The number of hydrogen-bond donors (Lipinski definition) is 2. The molecule has 0 aliphatic carbocycles. The van der Waals surface area contributed by atoms with Gasteiger partial charge in [0.05, 0.1) is 18.1 Å². The van der Waals surface area contributed by atoms with E-state index in [0.717, 1.165) is 0 Å². The number of hydrogen-bond acceptors (Lipinski definition) is 3. The molecule has 4 nitrogen and oxygen atoms in total. The lowest BCUT2D eigenvalue weighted by Gasteiger charge is -2.07. The molecule has 0 amide bonds. The molecule has 0 atom stereocenters. The summed E-state index contributed by atoms with van der Waals surface area (Å²) < 4.78 is 0. The number of nitrogens with zero attached hydrogens (tertiary/aromatic N) is 1. The topological polar surface area (TPSA) is 87.1 Å². The van der Waals surface area contributed by atoms with Crippen LogP contribution in [0, 0.1) is 11.3 Å². The summed E-state index contributed by atoms with van der Waals surface area (Å²) in [7, 11) is 0. The van der Waals surface area contributed by atoms with Crippen molar-refractivity contribution in [3.63, 3.8) is 0 Å². The molecule has 0 heterocycles. The van der Waals surface area contributed by atoms with Crippen LogP contribution in [0.15, 0.2) is 12.1 Å². The largest absolute Gasteiger partial charge is 0.481 e. The van der Waals surface area contributed by atoms with Crippen LogP contribution in [0.1, 0.15) is 16.7 Å². The second kappa shape index (κ2) is 4.78. The van der Waals surface area contributed by atoms with E-state index < -0.39 is 5.97 Å². The highest BCUT2D eigenvalue weighted by Gasteiger charge is 2.12. The van der Waals surface area contributed by atoms with Gasteiger partial charge >= 0.3 is 5.97 Å². The summed E-state index contributed by atoms with van der Waals surface area (Å²) in [6.45, 7) is 0.120. The van der Waals surface area contributed by atoms with Crippen LogP contribution in [-0.4, -0.2) is 11.1 Å². The maximum atomic E-state index is 10.5. The lowest BCUT2D eigenvalue weighted by Crippen LogP contribution is -2.07. The van der Waals surface area contributed by atoms with Crippen LogP contribution in [0.3, 0.4) is 0 Å². The van der Waals surface area contributed by atoms with Crippen molar-refractivity contribution in [3.05, 3.63) is 33.8 Å². The van der Waals surface area contributed by atoms with Gasteiger partial charge in [-0.25, -0.2) is 0 Å². The monoisotopic (exact) mass is 224 g/mol. The summed E-state index contributed by atoms with van der Waals surface area (Å²) in [6, 6.07) is 5.03. The van der Waals surface area contributed by atoms with Gasteiger partial charge in [0.1, 0.15) is 0 Å². The van der Waals surface area contributed by atoms with E-state index >= 15 is 0 Å². The number of rotatable bonds is 3. The molecule has 15 heavy (non-hydrogen) atoms. The average molecular weight is 225 g/mol. The first-order chi connectivity index (χ1) is 7.10. The quantitative estimate of drug-likeness (QED) is 0.810. The van der Waals surface area contributed by atoms with Crippen molar-refractivity contribution in [1.82, 2.24) is 0 Å². The van der Waals surface area contributed by atoms with E-state index in [1.807, 2.05) is 6.07 Å². The molecule has 0 fully saturated rings. The molecule has 3 N–H and O–H groups in total. The van der Waals surface area contributed by atoms with E-state index in [0.29, 0.717) is 16.1 Å². The van der Waals surface area contributed by atoms with Crippen LogP contribution in [0.5, 0.6) is 0 Å². The van der Waals surface area contributed by atoms with Crippen LogP contribution in [0.2, 0.25) is 5.02 Å². The minimum Gasteiger partial charge on any atom is -0.481 e. The molecule has 78 valence electrons. The molecule has 1 aromatic rings. The molecule has 0 spiro atoms. The van der Waals surface area contributed by atoms with Crippen molar-refractivity contribution >= 4 is 17.6 Å². The summed E-state index contributed by atoms with van der Waals surface area (Å²) >= 11 is 5.84. The standard InChI is InChI=1S/C10H9ClN2O2/c11-9-2-1-6(3-10(14)15)7(4-12)8(9)5-13/h1-2H,3,5,13H2,(H,14,15). The molecule has 0 unspecified atom stereocenters. The lowest BCUT2D eigenvalue weighted by molar-refractivity contribution is -0.136. The second-order valence-electron chi connectivity index (χ2n) is 2.95. The normalized spacial score (nSPS) is 9.67. The predicted molar refractivity (Wildman–Crippen MR) is 55.4 cm³/mol. The molecule has 1 rings (SSSR count). The van der Waals surface area contributed by atoms with E-state index in [-0.39, 0.29) is 18.5 Å².